The number of aromatic nitrogens is 3. The number of nitrogens with one attached hydrogen (secondary N) is 1. The Morgan fingerprint density at radius 2 is 1.95 bits per heavy atom. The average Bonchev–Trinajstić information content (AvgIpc) is 2.86. The molecular formula is C15H22N4S. The minimum atomic E-state index is 0.0976. The normalized spacial score (nSPS) is 11.6. The molecule has 2 heterocycles. The number of thiazole rings is 1. The lowest BCUT2D eigenvalue weighted by atomic mass is 9.93. The molecule has 108 valence electrons. The monoisotopic (exact) mass is 290 g/mol. The van der Waals surface area contributed by atoms with E-state index in [1.54, 1.807) is 23.7 Å². The molecule has 0 spiro atoms. The summed E-state index contributed by atoms with van der Waals surface area (Å²) in [4.78, 5) is 13.5. The van der Waals surface area contributed by atoms with Crippen molar-refractivity contribution in [1.29, 1.82) is 0 Å². The lowest BCUT2D eigenvalue weighted by molar-refractivity contribution is 0.571. The summed E-state index contributed by atoms with van der Waals surface area (Å²) in [5, 5.41) is 6.56. The highest BCUT2D eigenvalue weighted by Crippen LogP contribution is 2.25. The maximum atomic E-state index is 4.72. The predicted molar refractivity (Wildman–Crippen MR) is 84.4 cm³/mol. The van der Waals surface area contributed by atoms with Crippen LogP contribution in [0.5, 0.6) is 0 Å². The van der Waals surface area contributed by atoms with Gasteiger partial charge in [-0.1, -0.05) is 27.7 Å². The van der Waals surface area contributed by atoms with Gasteiger partial charge in [0.2, 0.25) is 0 Å². The molecule has 2 aromatic heterocycles. The highest BCUT2D eigenvalue weighted by molar-refractivity contribution is 7.09. The van der Waals surface area contributed by atoms with E-state index in [1.165, 1.54) is 0 Å². The first-order valence-electron chi connectivity index (χ1n) is 6.99. The van der Waals surface area contributed by atoms with Crippen molar-refractivity contribution < 1.29 is 0 Å². The van der Waals surface area contributed by atoms with Gasteiger partial charge in [0.15, 0.2) is 0 Å². The Morgan fingerprint density at radius 3 is 2.60 bits per heavy atom. The first-order valence-corrected chi connectivity index (χ1v) is 7.87. The van der Waals surface area contributed by atoms with Crippen molar-refractivity contribution in [3.63, 3.8) is 0 Å². The van der Waals surface area contributed by atoms with E-state index in [0.29, 0.717) is 0 Å². The van der Waals surface area contributed by atoms with Crippen LogP contribution in [0, 0.1) is 0 Å². The Balaban J connectivity index is 2.15. The lowest BCUT2D eigenvalue weighted by Gasteiger charge is -2.14. The van der Waals surface area contributed by atoms with Crippen molar-refractivity contribution in [3.8, 4) is 0 Å². The van der Waals surface area contributed by atoms with Crippen molar-refractivity contribution in [1.82, 2.24) is 15.0 Å². The number of rotatable bonds is 5. The van der Waals surface area contributed by atoms with Crippen LogP contribution >= 0.6 is 11.3 Å². The van der Waals surface area contributed by atoms with Crippen LogP contribution in [0.4, 0.5) is 5.82 Å². The van der Waals surface area contributed by atoms with E-state index >= 15 is 0 Å². The molecule has 0 radical (unpaired) electrons. The van der Waals surface area contributed by atoms with E-state index in [0.717, 1.165) is 41.6 Å². The Bertz CT molecular complexity index is 557. The number of hydrogen-bond acceptors (Lipinski definition) is 5. The number of anilines is 1. The van der Waals surface area contributed by atoms with Gasteiger partial charge >= 0.3 is 0 Å². The minimum Gasteiger partial charge on any atom is -0.369 e. The van der Waals surface area contributed by atoms with Crippen molar-refractivity contribution in [2.75, 3.05) is 11.9 Å². The summed E-state index contributed by atoms with van der Waals surface area (Å²) in [6, 6.07) is 0. The molecule has 0 fully saturated rings. The van der Waals surface area contributed by atoms with Gasteiger partial charge in [0.25, 0.3) is 0 Å². The molecule has 0 bridgehead atoms. The van der Waals surface area contributed by atoms with Gasteiger partial charge in [0, 0.05) is 36.2 Å². The van der Waals surface area contributed by atoms with Gasteiger partial charge in [-0.15, -0.1) is 11.3 Å². The quantitative estimate of drug-likeness (QED) is 0.913. The zero-order valence-corrected chi connectivity index (χ0v) is 13.4. The van der Waals surface area contributed by atoms with Crippen molar-refractivity contribution >= 4 is 17.2 Å². The Hall–Kier alpha value is -1.49. The molecule has 0 aliphatic rings. The van der Waals surface area contributed by atoms with Crippen molar-refractivity contribution in [2.24, 2.45) is 0 Å². The highest BCUT2D eigenvalue weighted by Gasteiger charge is 2.18. The number of hydrogen-bond donors (Lipinski definition) is 1. The van der Waals surface area contributed by atoms with Gasteiger partial charge in [-0.2, -0.15) is 0 Å². The summed E-state index contributed by atoms with van der Waals surface area (Å²) in [7, 11) is 0. The molecule has 2 rings (SSSR count). The first kappa shape index (κ1) is 14.9. The molecule has 0 aliphatic heterocycles. The van der Waals surface area contributed by atoms with Crippen LogP contribution in [0.3, 0.4) is 0 Å². The van der Waals surface area contributed by atoms with Crippen LogP contribution in [0.1, 0.15) is 50.5 Å². The largest absolute Gasteiger partial charge is 0.369 e. The van der Waals surface area contributed by atoms with Crippen LogP contribution in [-0.4, -0.2) is 21.5 Å². The van der Waals surface area contributed by atoms with Gasteiger partial charge in [0.1, 0.15) is 5.82 Å². The van der Waals surface area contributed by atoms with E-state index in [4.69, 9.17) is 4.98 Å². The van der Waals surface area contributed by atoms with Crippen LogP contribution in [-0.2, 0) is 11.8 Å². The zero-order chi connectivity index (χ0) is 14.6. The van der Waals surface area contributed by atoms with Gasteiger partial charge < -0.3 is 5.32 Å². The van der Waals surface area contributed by atoms with Gasteiger partial charge in [0.05, 0.1) is 16.4 Å². The summed E-state index contributed by atoms with van der Waals surface area (Å²) in [5.41, 5.74) is 2.21. The Labute approximate surface area is 124 Å². The highest BCUT2D eigenvalue weighted by atomic mass is 32.1. The van der Waals surface area contributed by atoms with Gasteiger partial charge in [-0.25, -0.2) is 9.97 Å². The standard InChI is InChI=1S/C15H22N4S/c1-5-6-17-14-11(16-7-8-18-14)9-13-19-12(10-20-13)15(2,3)4/h7-8,10H,5-6,9H2,1-4H3,(H,17,18). The summed E-state index contributed by atoms with van der Waals surface area (Å²) < 4.78 is 0. The maximum absolute atomic E-state index is 4.72. The maximum Gasteiger partial charge on any atom is 0.148 e. The summed E-state index contributed by atoms with van der Waals surface area (Å²) in [6.45, 7) is 9.60. The van der Waals surface area contributed by atoms with E-state index in [9.17, 15) is 0 Å². The minimum absolute atomic E-state index is 0.0976. The van der Waals surface area contributed by atoms with Crippen LogP contribution in [0.2, 0.25) is 0 Å². The molecule has 0 saturated heterocycles. The molecule has 0 saturated carbocycles. The zero-order valence-electron chi connectivity index (χ0n) is 12.6. The van der Waals surface area contributed by atoms with Crippen LogP contribution in [0.25, 0.3) is 0 Å². The molecule has 0 atom stereocenters. The summed E-state index contributed by atoms with van der Waals surface area (Å²) in [6.07, 6.45) is 5.27. The van der Waals surface area contributed by atoms with E-state index in [1.807, 2.05) is 0 Å². The fraction of sp³-hybridized carbons (Fsp3) is 0.533. The van der Waals surface area contributed by atoms with Crippen molar-refractivity contribution in [2.45, 2.75) is 46.0 Å². The molecule has 2 aromatic rings. The summed E-state index contributed by atoms with van der Waals surface area (Å²) in [5.74, 6) is 0.877. The van der Waals surface area contributed by atoms with E-state index < -0.39 is 0 Å². The van der Waals surface area contributed by atoms with E-state index in [2.05, 4.69) is 48.4 Å². The average molecular weight is 290 g/mol. The second kappa shape index (κ2) is 6.31. The first-order chi connectivity index (χ1) is 9.50. The molecule has 0 aromatic carbocycles. The Morgan fingerprint density at radius 1 is 1.20 bits per heavy atom. The van der Waals surface area contributed by atoms with E-state index in [-0.39, 0.29) is 5.41 Å². The molecular weight excluding hydrogens is 268 g/mol. The lowest BCUT2D eigenvalue weighted by Crippen LogP contribution is -2.12. The molecule has 0 amide bonds. The van der Waals surface area contributed by atoms with Crippen LogP contribution in [0.15, 0.2) is 17.8 Å². The molecule has 1 N–H and O–H groups in total. The fourth-order valence-corrected chi connectivity index (χ4v) is 2.79. The van der Waals surface area contributed by atoms with Crippen LogP contribution < -0.4 is 5.32 Å². The predicted octanol–water partition coefficient (Wildman–Crippen LogP) is 3.64. The number of nitrogens with zero attached hydrogens (tertiary/aromatic N) is 3. The smallest absolute Gasteiger partial charge is 0.148 e. The molecule has 5 heteroatoms. The third-order valence-corrected chi connectivity index (χ3v) is 3.80. The van der Waals surface area contributed by atoms with Gasteiger partial charge in [-0.3, -0.25) is 4.98 Å². The molecule has 20 heavy (non-hydrogen) atoms. The van der Waals surface area contributed by atoms with Gasteiger partial charge in [-0.05, 0) is 6.42 Å². The topological polar surface area (TPSA) is 50.7 Å². The summed E-state index contributed by atoms with van der Waals surface area (Å²) >= 11 is 1.70. The molecule has 4 nitrogen and oxygen atoms in total. The molecule has 0 aliphatic carbocycles. The van der Waals surface area contributed by atoms with Crippen molar-refractivity contribution in [3.05, 3.63) is 34.2 Å². The SMILES string of the molecule is CCCNc1nccnc1Cc1nc(C(C)(C)C)cs1. The third kappa shape index (κ3) is 3.76. The second-order valence-electron chi connectivity index (χ2n) is 5.83. The fourth-order valence-electron chi connectivity index (χ4n) is 1.77. The Kier molecular flexibility index (Phi) is 4.70. The molecule has 0 unspecified atom stereocenters. The second-order valence-corrected chi connectivity index (χ2v) is 6.77. The third-order valence-electron chi connectivity index (χ3n) is 2.96.